The molecule has 5 heteroatoms. The fraction of sp³-hybridized carbons (Fsp3) is 0.188. The molecule has 2 nitrogen and oxygen atoms in total. The molecule has 0 spiro atoms. The summed E-state index contributed by atoms with van der Waals surface area (Å²) in [5.41, 5.74) is 2.14. The van der Waals surface area contributed by atoms with E-state index in [9.17, 15) is 0 Å². The third-order valence-electron chi connectivity index (χ3n) is 3.07. The molecule has 0 heterocycles. The monoisotopic (exact) mass is 338 g/mol. The van der Waals surface area contributed by atoms with Gasteiger partial charge in [0.15, 0.2) is 5.11 Å². The Kier molecular flexibility index (Phi) is 5.85. The van der Waals surface area contributed by atoms with Crippen LogP contribution in [0.5, 0.6) is 0 Å². The van der Waals surface area contributed by atoms with Crippen molar-refractivity contribution >= 4 is 40.5 Å². The standard InChI is InChI=1S/C16H16Cl2N2S/c1-20(11-13-8-5-9-14(17)15(13)18)16(21)19-10-12-6-3-2-4-7-12/h2-9H,10-11H2,1H3,(H,19,21). The highest BCUT2D eigenvalue weighted by Crippen LogP contribution is 2.26. The van der Waals surface area contributed by atoms with E-state index in [0.717, 1.165) is 5.56 Å². The minimum atomic E-state index is 0.561. The third kappa shape index (κ3) is 4.60. The Labute approximate surface area is 140 Å². The van der Waals surface area contributed by atoms with Crippen LogP contribution in [-0.4, -0.2) is 17.1 Å². The zero-order chi connectivity index (χ0) is 15.2. The summed E-state index contributed by atoms with van der Waals surface area (Å²) >= 11 is 17.6. The Morgan fingerprint density at radius 3 is 2.52 bits per heavy atom. The van der Waals surface area contributed by atoms with Crippen LogP contribution in [-0.2, 0) is 13.1 Å². The number of thiocarbonyl (C=S) groups is 1. The number of nitrogens with zero attached hydrogens (tertiary/aromatic N) is 1. The van der Waals surface area contributed by atoms with Gasteiger partial charge in [-0.3, -0.25) is 0 Å². The molecule has 0 aliphatic heterocycles. The summed E-state index contributed by atoms with van der Waals surface area (Å²) in [5.74, 6) is 0. The molecule has 2 aromatic rings. The van der Waals surface area contributed by atoms with Gasteiger partial charge in [-0.05, 0) is 29.4 Å². The van der Waals surface area contributed by atoms with E-state index in [-0.39, 0.29) is 0 Å². The van der Waals surface area contributed by atoms with E-state index in [1.165, 1.54) is 5.56 Å². The number of halogens is 2. The average Bonchev–Trinajstić information content (AvgIpc) is 2.50. The molecule has 0 radical (unpaired) electrons. The normalized spacial score (nSPS) is 10.2. The van der Waals surface area contributed by atoms with Crippen LogP contribution in [0.2, 0.25) is 10.0 Å². The number of rotatable bonds is 4. The van der Waals surface area contributed by atoms with Crippen LogP contribution in [0.15, 0.2) is 48.5 Å². The summed E-state index contributed by atoms with van der Waals surface area (Å²) in [7, 11) is 1.93. The summed E-state index contributed by atoms with van der Waals surface area (Å²) < 4.78 is 0. The van der Waals surface area contributed by atoms with Gasteiger partial charge in [-0.2, -0.15) is 0 Å². The maximum atomic E-state index is 6.19. The zero-order valence-electron chi connectivity index (χ0n) is 11.6. The molecule has 0 aliphatic rings. The van der Waals surface area contributed by atoms with Gasteiger partial charge >= 0.3 is 0 Å². The van der Waals surface area contributed by atoms with Crippen molar-refractivity contribution in [2.45, 2.75) is 13.1 Å². The van der Waals surface area contributed by atoms with Crippen molar-refractivity contribution in [3.05, 3.63) is 69.7 Å². The van der Waals surface area contributed by atoms with Crippen LogP contribution in [0.3, 0.4) is 0 Å². The van der Waals surface area contributed by atoms with E-state index >= 15 is 0 Å². The lowest BCUT2D eigenvalue weighted by Gasteiger charge is -2.22. The maximum absolute atomic E-state index is 6.19. The van der Waals surface area contributed by atoms with Crippen molar-refractivity contribution in [1.82, 2.24) is 10.2 Å². The summed E-state index contributed by atoms with van der Waals surface area (Å²) in [5, 5.41) is 5.05. The lowest BCUT2D eigenvalue weighted by Crippen LogP contribution is -2.36. The molecular formula is C16H16Cl2N2S. The topological polar surface area (TPSA) is 15.3 Å². The number of hydrogen-bond donors (Lipinski definition) is 1. The summed E-state index contributed by atoms with van der Waals surface area (Å²) in [6.07, 6.45) is 0. The van der Waals surface area contributed by atoms with Gasteiger partial charge in [-0.15, -0.1) is 0 Å². The Bertz CT molecular complexity index is 617. The van der Waals surface area contributed by atoms with Crippen molar-refractivity contribution in [2.24, 2.45) is 0 Å². The van der Waals surface area contributed by atoms with Crippen molar-refractivity contribution in [1.29, 1.82) is 0 Å². The zero-order valence-corrected chi connectivity index (χ0v) is 14.0. The Hall–Kier alpha value is -1.29. The fourth-order valence-corrected chi connectivity index (χ4v) is 2.42. The smallest absolute Gasteiger partial charge is 0.169 e. The highest BCUT2D eigenvalue weighted by atomic mass is 35.5. The first-order chi connectivity index (χ1) is 10.1. The first-order valence-electron chi connectivity index (χ1n) is 6.53. The molecule has 0 bridgehead atoms. The van der Waals surface area contributed by atoms with Crippen LogP contribution in [0.25, 0.3) is 0 Å². The highest BCUT2D eigenvalue weighted by molar-refractivity contribution is 7.80. The molecule has 21 heavy (non-hydrogen) atoms. The lowest BCUT2D eigenvalue weighted by molar-refractivity contribution is 0.489. The summed E-state index contributed by atoms with van der Waals surface area (Å²) in [6.45, 7) is 1.31. The van der Waals surface area contributed by atoms with E-state index in [1.807, 2.05) is 42.3 Å². The van der Waals surface area contributed by atoms with Crippen molar-refractivity contribution in [2.75, 3.05) is 7.05 Å². The van der Waals surface area contributed by atoms with Gasteiger partial charge in [0.2, 0.25) is 0 Å². The second kappa shape index (κ2) is 7.64. The van der Waals surface area contributed by atoms with Crippen LogP contribution >= 0.6 is 35.4 Å². The molecule has 0 saturated carbocycles. The Balaban J connectivity index is 1.92. The molecule has 0 aromatic heterocycles. The van der Waals surface area contributed by atoms with Gasteiger partial charge < -0.3 is 10.2 Å². The largest absolute Gasteiger partial charge is 0.358 e. The first kappa shape index (κ1) is 16.1. The van der Waals surface area contributed by atoms with Gasteiger partial charge in [-0.1, -0.05) is 65.7 Å². The highest BCUT2D eigenvalue weighted by Gasteiger charge is 2.09. The van der Waals surface area contributed by atoms with Crippen molar-refractivity contribution in [3.63, 3.8) is 0 Å². The van der Waals surface area contributed by atoms with Crippen molar-refractivity contribution < 1.29 is 0 Å². The molecule has 2 rings (SSSR count). The predicted octanol–water partition coefficient (Wildman–Crippen LogP) is 4.50. The Morgan fingerprint density at radius 1 is 1.10 bits per heavy atom. The maximum Gasteiger partial charge on any atom is 0.169 e. The van der Waals surface area contributed by atoms with E-state index in [0.29, 0.717) is 28.2 Å². The number of nitrogens with one attached hydrogen (secondary N) is 1. The van der Waals surface area contributed by atoms with Crippen LogP contribution in [0.1, 0.15) is 11.1 Å². The van der Waals surface area contributed by atoms with E-state index in [1.54, 1.807) is 6.07 Å². The number of hydrogen-bond acceptors (Lipinski definition) is 1. The second-order valence-corrected chi connectivity index (χ2v) is 5.89. The van der Waals surface area contributed by atoms with E-state index < -0.39 is 0 Å². The first-order valence-corrected chi connectivity index (χ1v) is 7.70. The molecule has 1 N–H and O–H groups in total. The Morgan fingerprint density at radius 2 is 1.81 bits per heavy atom. The van der Waals surface area contributed by atoms with Crippen molar-refractivity contribution in [3.8, 4) is 0 Å². The van der Waals surface area contributed by atoms with E-state index in [2.05, 4.69) is 17.4 Å². The lowest BCUT2D eigenvalue weighted by atomic mass is 10.2. The summed E-state index contributed by atoms with van der Waals surface area (Å²) in [4.78, 5) is 1.94. The molecule has 0 saturated heterocycles. The minimum absolute atomic E-state index is 0.561. The molecule has 0 atom stereocenters. The van der Waals surface area contributed by atoms with Crippen LogP contribution in [0, 0.1) is 0 Å². The van der Waals surface area contributed by atoms with Gasteiger partial charge in [0.25, 0.3) is 0 Å². The third-order valence-corrected chi connectivity index (χ3v) is 4.39. The molecule has 110 valence electrons. The minimum Gasteiger partial charge on any atom is -0.358 e. The van der Waals surface area contributed by atoms with Gasteiger partial charge in [0.1, 0.15) is 0 Å². The molecule has 0 amide bonds. The quantitative estimate of drug-likeness (QED) is 0.826. The predicted molar refractivity (Wildman–Crippen MR) is 93.8 cm³/mol. The SMILES string of the molecule is CN(Cc1cccc(Cl)c1Cl)C(=S)NCc1ccccc1. The summed E-state index contributed by atoms with van der Waals surface area (Å²) in [6, 6.07) is 15.7. The molecule has 0 fully saturated rings. The molecule has 0 aliphatic carbocycles. The second-order valence-electron chi connectivity index (χ2n) is 4.71. The van der Waals surface area contributed by atoms with Gasteiger partial charge in [-0.25, -0.2) is 0 Å². The van der Waals surface area contributed by atoms with Crippen LogP contribution in [0.4, 0.5) is 0 Å². The van der Waals surface area contributed by atoms with Gasteiger partial charge in [0, 0.05) is 20.1 Å². The number of benzene rings is 2. The fourth-order valence-electron chi connectivity index (χ4n) is 1.91. The van der Waals surface area contributed by atoms with Gasteiger partial charge in [0.05, 0.1) is 10.0 Å². The molecule has 2 aromatic carbocycles. The van der Waals surface area contributed by atoms with E-state index in [4.69, 9.17) is 35.4 Å². The molecular weight excluding hydrogens is 323 g/mol. The average molecular weight is 339 g/mol. The van der Waals surface area contributed by atoms with Crippen LogP contribution < -0.4 is 5.32 Å². The molecule has 0 unspecified atom stereocenters.